The number of ether oxygens (including phenoxy) is 1. The number of furan rings is 1. The predicted octanol–water partition coefficient (Wildman–Crippen LogP) is 3.82. The van der Waals surface area contributed by atoms with Gasteiger partial charge in [-0.25, -0.2) is 0 Å². The van der Waals surface area contributed by atoms with Crippen molar-refractivity contribution in [2.24, 2.45) is 0 Å². The first-order chi connectivity index (χ1) is 10.7. The van der Waals surface area contributed by atoms with Gasteiger partial charge in [-0.2, -0.15) is 0 Å². The van der Waals surface area contributed by atoms with Crippen molar-refractivity contribution in [3.63, 3.8) is 0 Å². The molecule has 2 aromatic carbocycles. The highest BCUT2D eigenvalue weighted by atomic mass is 16.5. The van der Waals surface area contributed by atoms with Crippen LogP contribution in [0, 0.1) is 0 Å². The molecule has 0 radical (unpaired) electrons. The molecule has 0 saturated carbocycles. The molecular weight excluding hydrogens is 280 g/mol. The number of methoxy groups -OCH3 is 1. The Morgan fingerprint density at radius 1 is 1.14 bits per heavy atom. The second kappa shape index (κ2) is 5.95. The molecule has 1 heterocycles. The minimum atomic E-state index is 0.0133. The lowest BCUT2D eigenvalue weighted by atomic mass is 10.1. The number of hydrogen-bond acceptors (Lipinski definition) is 4. The minimum Gasteiger partial charge on any atom is -0.508 e. The van der Waals surface area contributed by atoms with E-state index in [1.165, 1.54) is 0 Å². The first-order valence-electron chi connectivity index (χ1n) is 6.89. The third-order valence-electron chi connectivity index (χ3n) is 3.41. The Balaban J connectivity index is 2.07. The van der Waals surface area contributed by atoms with E-state index in [0.29, 0.717) is 11.5 Å². The maximum Gasteiger partial charge on any atom is 0.139 e. The highest BCUT2D eigenvalue weighted by Crippen LogP contribution is 2.36. The molecule has 0 amide bonds. The number of phenolic OH excluding ortho intramolecular Hbond substituents is 1. The molecule has 0 aliphatic rings. The fourth-order valence-corrected chi connectivity index (χ4v) is 2.37. The number of aromatic hydroxyl groups is 1. The van der Waals surface area contributed by atoms with Gasteiger partial charge in [-0.1, -0.05) is 18.2 Å². The lowest BCUT2D eigenvalue weighted by molar-refractivity contribution is 0.343. The molecule has 0 atom stereocenters. The van der Waals surface area contributed by atoms with E-state index in [1.54, 1.807) is 31.4 Å². The Labute approximate surface area is 127 Å². The Bertz CT molecular complexity index is 830. The highest BCUT2D eigenvalue weighted by molar-refractivity contribution is 5.86. The highest BCUT2D eigenvalue weighted by Gasteiger charge is 2.12. The quantitative estimate of drug-likeness (QED) is 0.768. The van der Waals surface area contributed by atoms with Crippen LogP contribution in [0.4, 0.5) is 0 Å². The van der Waals surface area contributed by atoms with Crippen LogP contribution in [0.1, 0.15) is 5.56 Å². The summed E-state index contributed by atoms with van der Waals surface area (Å²) in [5, 5.41) is 19.3. The summed E-state index contributed by atoms with van der Waals surface area (Å²) in [5.74, 6) is 1.38. The number of phenols is 1. The van der Waals surface area contributed by atoms with Crippen molar-refractivity contribution < 1.29 is 19.4 Å². The van der Waals surface area contributed by atoms with Crippen LogP contribution >= 0.6 is 0 Å². The third-order valence-corrected chi connectivity index (χ3v) is 3.41. The van der Waals surface area contributed by atoms with E-state index in [1.807, 2.05) is 30.3 Å². The second-order valence-corrected chi connectivity index (χ2v) is 4.88. The van der Waals surface area contributed by atoms with Crippen LogP contribution in [0.25, 0.3) is 28.4 Å². The van der Waals surface area contributed by atoms with Crippen LogP contribution < -0.4 is 4.74 Å². The van der Waals surface area contributed by atoms with Crippen LogP contribution in [-0.4, -0.2) is 23.9 Å². The molecule has 0 bridgehead atoms. The largest absolute Gasteiger partial charge is 0.508 e. The topological polar surface area (TPSA) is 62.8 Å². The predicted molar refractivity (Wildman–Crippen MR) is 86.0 cm³/mol. The van der Waals surface area contributed by atoms with Gasteiger partial charge in [0.2, 0.25) is 0 Å². The molecule has 0 spiro atoms. The Morgan fingerprint density at radius 3 is 2.77 bits per heavy atom. The fourth-order valence-electron chi connectivity index (χ4n) is 2.37. The van der Waals surface area contributed by atoms with E-state index < -0.39 is 0 Å². The van der Waals surface area contributed by atoms with Crippen molar-refractivity contribution in [2.45, 2.75) is 0 Å². The third kappa shape index (κ3) is 2.69. The zero-order valence-electron chi connectivity index (χ0n) is 12.1. The molecule has 3 rings (SSSR count). The molecule has 4 nitrogen and oxygen atoms in total. The SMILES string of the molecule is COc1cc(O)ccc1-c1cc2cc(C=CCO)ccc2o1. The van der Waals surface area contributed by atoms with E-state index in [4.69, 9.17) is 14.3 Å². The van der Waals surface area contributed by atoms with Gasteiger partial charge in [0.25, 0.3) is 0 Å². The van der Waals surface area contributed by atoms with Crippen LogP contribution in [0.3, 0.4) is 0 Å². The van der Waals surface area contributed by atoms with Gasteiger partial charge < -0.3 is 19.4 Å². The molecule has 3 aromatic rings. The van der Waals surface area contributed by atoms with Crippen molar-refractivity contribution in [3.05, 3.63) is 54.1 Å². The molecule has 112 valence electrons. The summed E-state index contributed by atoms with van der Waals surface area (Å²) < 4.78 is 11.2. The van der Waals surface area contributed by atoms with Crippen molar-refractivity contribution in [3.8, 4) is 22.8 Å². The zero-order chi connectivity index (χ0) is 15.5. The normalized spacial score (nSPS) is 11.4. The molecule has 0 aliphatic heterocycles. The number of aliphatic hydroxyl groups excluding tert-OH is 1. The van der Waals surface area contributed by atoms with Crippen LogP contribution in [0.5, 0.6) is 11.5 Å². The summed E-state index contributed by atoms with van der Waals surface area (Å²) in [6, 6.07) is 12.7. The fraction of sp³-hybridized carbons (Fsp3) is 0.111. The van der Waals surface area contributed by atoms with E-state index in [0.717, 1.165) is 22.1 Å². The maximum absolute atomic E-state index is 9.54. The van der Waals surface area contributed by atoms with Gasteiger partial charge in [-0.05, 0) is 35.9 Å². The minimum absolute atomic E-state index is 0.0133. The molecule has 4 heteroatoms. The molecule has 0 saturated heterocycles. The van der Waals surface area contributed by atoms with E-state index in [-0.39, 0.29) is 12.4 Å². The molecule has 1 aromatic heterocycles. The number of fused-ring (bicyclic) bond motifs is 1. The average molecular weight is 296 g/mol. The summed E-state index contributed by atoms with van der Waals surface area (Å²) in [5.41, 5.74) is 2.54. The first-order valence-corrected chi connectivity index (χ1v) is 6.89. The number of aliphatic hydroxyl groups is 1. The molecule has 0 fully saturated rings. The Morgan fingerprint density at radius 2 is 2.00 bits per heavy atom. The van der Waals surface area contributed by atoms with Gasteiger partial charge in [-0.3, -0.25) is 0 Å². The van der Waals surface area contributed by atoms with Crippen LogP contribution in [-0.2, 0) is 0 Å². The number of benzene rings is 2. The van der Waals surface area contributed by atoms with E-state index >= 15 is 0 Å². The summed E-state index contributed by atoms with van der Waals surface area (Å²) in [7, 11) is 1.55. The first kappa shape index (κ1) is 14.2. The summed E-state index contributed by atoms with van der Waals surface area (Å²) in [6.07, 6.45) is 3.54. The number of rotatable bonds is 4. The van der Waals surface area contributed by atoms with Crippen molar-refractivity contribution >= 4 is 17.0 Å². The Hall–Kier alpha value is -2.72. The van der Waals surface area contributed by atoms with Gasteiger partial charge in [0.15, 0.2) is 0 Å². The van der Waals surface area contributed by atoms with E-state index in [9.17, 15) is 5.11 Å². The van der Waals surface area contributed by atoms with Crippen LogP contribution in [0.15, 0.2) is 53.0 Å². The standard InChI is InChI=1S/C18H16O4/c1-21-17-11-14(20)5-6-15(17)18-10-13-9-12(3-2-8-19)4-7-16(13)22-18/h2-7,9-11,19-20H,8H2,1H3. The van der Waals surface area contributed by atoms with Crippen molar-refractivity contribution in [1.29, 1.82) is 0 Å². The van der Waals surface area contributed by atoms with Crippen molar-refractivity contribution in [1.82, 2.24) is 0 Å². The lowest BCUT2D eigenvalue weighted by Gasteiger charge is -2.06. The van der Waals surface area contributed by atoms with Gasteiger partial charge in [0, 0.05) is 11.5 Å². The zero-order valence-corrected chi connectivity index (χ0v) is 12.1. The molecule has 0 unspecified atom stereocenters. The van der Waals surface area contributed by atoms with Gasteiger partial charge in [0.1, 0.15) is 22.8 Å². The molecule has 22 heavy (non-hydrogen) atoms. The maximum atomic E-state index is 9.54. The van der Waals surface area contributed by atoms with Gasteiger partial charge in [-0.15, -0.1) is 0 Å². The molecular formula is C18H16O4. The molecule has 2 N–H and O–H groups in total. The van der Waals surface area contributed by atoms with Crippen molar-refractivity contribution in [2.75, 3.05) is 13.7 Å². The average Bonchev–Trinajstić information content (AvgIpc) is 2.95. The monoisotopic (exact) mass is 296 g/mol. The smallest absolute Gasteiger partial charge is 0.139 e. The second-order valence-electron chi connectivity index (χ2n) is 4.88. The lowest BCUT2D eigenvalue weighted by Crippen LogP contribution is -1.86. The van der Waals surface area contributed by atoms with Crippen LogP contribution in [0.2, 0.25) is 0 Å². The summed E-state index contributed by atoms with van der Waals surface area (Å²) >= 11 is 0. The van der Waals surface area contributed by atoms with Gasteiger partial charge >= 0.3 is 0 Å². The summed E-state index contributed by atoms with van der Waals surface area (Å²) in [6.45, 7) is 0.0133. The molecule has 0 aliphatic carbocycles. The Kier molecular flexibility index (Phi) is 3.85. The summed E-state index contributed by atoms with van der Waals surface area (Å²) in [4.78, 5) is 0. The van der Waals surface area contributed by atoms with E-state index in [2.05, 4.69) is 0 Å². The van der Waals surface area contributed by atoms with Gasteiger partial charge in [0.05, 0.1) is 19.3 Å². The number of hydrogen-bond donors (Lipinski definition) is 2.